The number of ether oxygens (including phenoxy) is 1. The van der Waals surface area contributed by atoms with Crippen molar-refractivity contribution in [2.24, 2.45) is 0 Å². The molecule has 2 aliphatic rings. The number of alkyl halides is 1. The summed E-state index contributed by atoms with van der Waals surface area (Å²) >= 11 is 3.14. The summed E-state index contributed by atoms with van der Waals surface area (Å²) in [4.78, 5) is 26.1. The molecule has 1 saturated heterocycles. The number of β-lactam (4-membered cyclic amide) rings is 1. The van der Waals surface area contributed by atoms with Gasteiger partial charge in [0.15, 0.2) is 21.3 Å². The van der Waals surface area contributed by atoms with Crippen LogP contribution < -0.4 is 0 Å². The number of rotatable bonds is 3. The summed E-state index contributed by atoms with van der Waals surface area (Å²) in [5.41, 5.74) is 0.808. The number of carbonyl (C=O) groups excluding carboxylic acids is 2. The molecule has 3 rings (SSSR count). The molecule has 8 heteroatoms. The molecular weight excluding hydrogens is 386 g/mol. The van der Waals surface area contributed by atoms with Crippen LogP contribution in [0.2, 0.25) is 0 Å². The lowest BCUT2D eigenvalue weighted by molar-refractivity contribution is -0.158. The van der Waals surface area contributed by atoms with Crippen molar-refractivity contribution >= 4 is 37.5 Å². The van der Waals surface area contributed by atoms with Crippen molar-refractivity contribution in [3.63, 3.8) is 0 Å². The van der Waals surface area contributed by atoms with E-state index in [-0.39, 0.29) is 11.5 Å². The van der Waals surface area contributed by atoms with E-state index in [9.17, 15) is 18.0 Å². The lowest BCUT2D eigenvalue weighted by Crippen LogP contribution is -2.71. The molecule has 3 atom stereocenters. The number of nitrogens with zero attached hydrogens (tertiary/aromatic N) is 1. The van der Waals surface area contributed by atoms with Gasteiger partial charge in [0.1, 0.15) is 4.16 Å². The Morgan fingerprint density at radius 1 is 1.26 bits per heavy atom. The second-order valence-corrected chi connectivity index (χ2v) is 9.04. The van der Waals surface area contributed by atoms with Gasteiger partial charge in [-0.3, -0.25) is 14.5 Å². The quantitative estimate of drug-likeness (QED) is 0.436. The molecule has 1 aromatic carbocycles. The first-order valence-corrected chi connectivity index (χ1v) is 9.38. The second-order valence-electron chi connectivity index (χ2n) is 5.39. The predicted octanol–water partition coefficient (Wildman–Crippen LogP) is 1.48. The molecule has 2 aliphatic heterocycles. The van der Waals surface area contributed by atoms with Crippen LogP contribution in [-0.2, 0) is 19.4 Å². The average molecular weight is 400 g/mol. The van der Waals surface area contributed by atoms with E-state index in [0.29, 0.717) is 11.1 Å². The smallest absolute Gasteiger partial charge is 0.260 e. The Balaban J connectivity index is 2.14. The van der Waals surface area contributed by atoms with Gasteiger partial charge in [-0.1, -0.05) is 46.3 Å². The van der Waals surface area contributed by atoms with Crippen LogP contribution in [0.4, 0.5) is 0 Å². The summed E-state index contributed by atoms with van der Waals surface area (Å²) in [6.45, 7) is 1.54. The van der Waals surface area contributed by atoms with Crippen LogP contribution in [0.5, 0.6) is 0 Å². The van der Waals surface area contributed by atoms with Crippen molar-refractivity contribution in [1.82, 2.24) is 4.90 Å². The summed E-state index contributed by atoms with van der Waals surface area (Å²) in [5, 5.41) is -1.17. The van der Waals surface area contributed by atoms with Crippen molar-refractivity contribution < 1.29 is 22.7 Å². The fourth-order valence-electron chi connectivity index (χ4n) is 2.89. The Kier molecular flexibility index (Phi) is 3.94. The second kappa shape index (κ2) is 5.54. The van der Waals surface area contributed by atoms with Crippen molar-refractivity contribution in [2.45, 2.75) is 22.6 Å². The molecule has 1 unspecified atom stereocenters. The first kappa shape index (κ1) is 16.4. The van der Waals surface area contributed by atoms with Crippen LogP contribution >= 0.6 is 15.9 Å². The largest absolute Gasteiger partial charge is 0.368 e. The number of halogens is 1. The van der Waals surface area contributed by atoms with Crippen LogP contribution in [0.15, 0.2) is 41.6 Å². The van der Waals surface area contributed by atoms with Gasteiger partial charge in [-0.05, 0) is 12.5 Å². The molecule has 1 amide bonds. The van der Waals surface area contributed by atoms with Crippen LogP contribution in [0.25, 0.3) is 0 Å². The van der Waals surface area contributed by atoms with Gasteiger partial charge in [0, 0.05) is 12.7 Å². The molecular formula is C15H14BrNO5S. The van der Waals surface area contributed by atoms with Gasteiger partial charge in [-0.15, -0.1) is 0 Å². The fourth-order valence-corrected chi connectivity index (χ4v) is 5.70. The highest BCUT2D eigenvalue weighted by Crippen LogP contribution is 2.43. The first-order chi connectivity index (χ1) is 10.8. The number of carbonyl (C=O) groups is 2. The van der Waals surface area contributed by atoms with Gasteiger partial charge in [-0.2, -0.15) is 0 Å². The third-order valence-corrected chi connectivity index (χ3v) is 8.39. The van der Waals surface area contributed by atoms with E-state index < -0.39 is 31.4 Å². The van der Waals surface area contributed by atoms with Crippen molar-refractivity contribution in [1.29, 1.82) is 0 Å². The van der Waals surface area contributed by atoms with Crippen LogP contribution in [0, 0.1) is 0 Å². The molecule has 0 radical (unpaired) electrons. The molecule has 0 spiro atoms. The first-order valence-electron chi connectivity index (χ1n) is 6.85. The summed E-state index contributed by atoms with van der Waals surface area (Å²) in [7, 11) is -2.43. The number of hydrogen-bond donors (Lipinski definition) is 0. The number of allylic oxidation sites excluding steroid dienone is 1. The Bertz CT molecular complexity index is 818. The highest BCUT2D eigenvalue weighted by molar-refractivity contribution is 9.11. The predicted molar refractivity (Wildman–Crippen MR) is 86.5 cm³/mol. The fraction of sp³-hybridized carbons (Fsp3) is 0.333. The maximum absolute atomic E-state index is 12.8. The molecule has 0 bridgehead atoms. The Morgan fingerprint density at radius 3 is 2.43 bits per heavy atom. The molecule has 1 fully saturated rings. The number of Topliss-reactive ketones (excluding diaryl/α,β-unsaturated/α-hetero) is 1. The number of fused-ring (bicyclic) bond motifs is 1. The minimum absolute atomic E-state index is 0.108. The highest BCUT2D eigenvalue weighted by Gasteiger charge is 2.62. The van der Waals surface area contributed by atoms with Gasteiger partial charge >= 0.3 is 0 Å². The van der Waals surface area contributed by atoms with Crippen molar-refractivity contribution in [2.75, 3.05) is 7.11 Å². The summed E-state index contributed by atoms with van der Waals surface area (Å²) in [5.74, 6) is -0.894. The van der Waals surface area contributed by atoms with Crippen LogP contribution in [0.3, 0.4) is 0 Å². The third kappa shape index (κ3) is 2.20. The normalized spacial score (nSPS) is 29.1. The highest BCUT2D eigenvalue weighted by atomic mass is 79.9. The number of hydrogen-bond acceptors (Lipinski definition) is 5. The third-order valence-electron chi connectivity index (χ3n) is 4.08. The molecule has 1 aromatic rings. The maximum atomic E-state index is 12.8. The Morgan fingerprint density at radius 2 is 1.87 bits per heavy atom. The van der Waals surface area contributed by atoms with E-state index in [2.05, 4.69) is 15.9 Å². The minimum atomic E-state index is -3.71. The number of amides is 1. The molecule has 23 heavy (non-hydrogen) atoms. The zero-order chi connectivity index (χ0) is 16.9. The monoisotopic (exact) mass is 399 g/mol. The SMILES string of the molecule is CO[C@H]1C(=O)N2C(C(=O)c3ccccc3)=C(C)C(Br)S(=O)(=O)[C@@H]12. The molecule has 0 N–H and O–H groups in total. The zero-order valence-electron chi connectivity index (χ0n) is 12.4. The zero-order valence-corrected chi connectivity index (χ0v) is 14.8. The van der Waals surface area contributed by atoms with Crippen molar-refractivity contribution in [3.8, 4) is 0 Å². The number of benzene rings is 1. The van der Waals surface area contributed by atoms with E-state index >= 15 is 0 Å². The molecule has 6 nitrogen and oxygen atoms in total. The lowest BCUT2D eigenvalue weighted by Gasteiger charge is -2.49. The Hall–Kier alpha value is -1.51. The van der Waals surface area contributed by atoms with Gasteiger partial charge in [0.25, 0.3) is 5.91 Å². The Labute approximate surface area is 142 Å². The average Bonchev–Trinajstić information content (AvgIpc) is 2.54. The molecule has 0 saturated carbocycles. The summed E-state index contributed by atoms with van der Waals surface area (Å²) in [6.07, 6.45) is -1.08. The lowest BCUT2D eigenvalue weighted by atomic mass is 9.99. The standard InChI is InChI=1S/C15H14BrNO5S/c1-8-10(11(18)9-6-4-3-5-7-9)17-14(19)12(22-2)15(17)23(20,21)13(8)16/h3-7,12-13,15H,1-2H3/t12-,13?,15-/m0/s1. The van der Waals surface area contributed by atoms with Gasteiger partial charge < -0.3 is 4.74 Å². The van der Waals surface area contributed by atoms with Crippen molar-refractivity contribution in [3.05, 3.63) is 47.2 Å². The topological polar surface area (TPSA) is 80.8 Å². The molecule has 122 valence electrons. The number of methoxy groups -OCH3 is 1. The summed E-state index contributed by atoms with van der Waals surface area (Å²) < 4.78 is 29.0. The summed E-state index contributed by atoms with van der Waals surface area (Å²) in [6, 6.07) is 8.45. The van der Waals surface area contributed by atoms with Gasteiger partial charge in [0.2, 0.25) is 5.78 Å². The van der Waals surface area contributed by atoms with E-state index in [0.717, 1.165) is 4.90 Å². The minimum Gasteiger partial charge on any atom is -0.368 e. The molecule has 2 heterocycles. The maximum Gasteiger partial charge on any atom is 0.260 e. The number of sulfone groups is 1. The van der Waals surface area contributed by atoms with E-state index in [4.69, 9.17) is 4.74 Å². The van der Waals surface area contributed by atoms with Gasteiger partial charge in [-0.25, -0.2) is 8.42 Å². The van der Waals surface area contributed by atoms with Crippen LogP contribution in [-0.4, -0.2) is 47.8 Å². The van der Waals surface area contributed by atoms with Crippen LogP contribution in [0.1, 0.15) is 17.3 Å². The molecule has 0 aromatic heterocycles. The van der Waals surface area contributed by atoms with E-state index in [1.165, 1.54) is 14.0 Å². The number of ketones is 1. The van der Waals surface area contributed by atoms with E-state index in [1.54, 1.807) is 30.3 Å². The molecule has 0 aliphatic carbocycles. The van der Waals surface area contributed by atoms with Gasteiger partial charge in [0.05, 0.1) is 5.70 Å². The van der Waals surface area contributed by atoms with E-state index in [1.807, 2.05) is 0 Å².